The van der Waals surface area contributed by atoms with Crippen LogP contribution in [-0.4, -0.2) is 20.9 Å². The Balaban J connectivity index is 2.27. The van der Waals surface area contributed by atoms with Gasteiger partial charge in [-0.3, -0.25) is 0 Å². The summed E-state index contributed by atoms with van der Waals surface area (Å²) in [5.41, 5.74) is 2.66. The molecule has 0 aliphatic carbocycles. The van der Waals surface area contributed by atoms with Crippen LogP contribution >= 0.6 is 0 Å². The van der Waals surface area contributed by atoms with E-state index in [0.29, 0.717) is 26.4 Å². The minimum absolute atomic E-state index is 0.340. The summed E-state index contributed by atoms with van der Waals surface area (Å²) >= 11 is 0. The Labute approximate surface area is 170 Å². The molecule has 0 fully saturated rings. The van der Waals surface area contributed by atoms with Gasteiger partial charge in [-0.05, 0) is 58.5 Å². The molecule has 0 atom stereocenters. The van der Waals surface area contributed by atoms with Crippen LogP contribution in [0.2, 0.25) is 16.6 Å². The summed E-state index contributed by atoms with van der Waals surface area (Å²) in [6.07, 6.45) is 2.19. The summed E-state index contributed by atoms with van der Waals surface area (Å²) in [7, 11) is -5.48. The van der Waals surface area contributed by atoms with Gasteiger partial charge in [0.2, 0.25) is 9.84 Å². The highest BCUT2D eigenvalue weighted by atomic mass is 32.2. The number of aromatic nitrogens is 1. The number of rotatable bonds is 6. The number of sulfone groups is 1. The Morgan fingerprint density at radius 1 is 0.750 bits per heavy atom. The van der Waals surface area contributed by atoms with Crippen LogP contribution in [0.15, 0.2) is 70.6 Å². The molecule has 1 heterocycles. The molecule has 0 saturated carbocycles. The first-order chi connectivity index (χ1) is 13.1. The minimum atomic E-state index is -3.53. The lowest BCUT2D eigenvalue weighted by Crippen LogP contribution is -2.51. The molecule has 1 aromatic heterocycles. The number of nitrogens with zero attached hydrogens (tertiary/aromatic N) is 1. The third kappa shape index (κ3) is 3.14. The van der Waals surface area contributed by atoms with E-state index in [9.17, 15) is 8.42 Å². The first-order valence-electron chi connectivity index (χ1n) is 10.0. The number of benzene rings is 2. The molecule has 2 aromatic carbocycles. The number of hydrogen-bond donors (Lipinski definition) is 0. The van der Waals surface area contributed by atoms with Crippen molar-refractivity contribution in [1.29, 1.82) is 0 Å². The van der Waals surface area contributed by atoms with Crippen LogP contribution in [-0.2, 0) is 9.84 Å². The largest absolute Gasteiger partial charge is 0.373 e. The Hall–Kier alpha value is -1.85. The molecular weight excluding hydrogens is 382 g/mol. The van der Waals surface area contributed by atoms with E-state index >= 15 is 0 Å². The Morgan fingerprint density at radius 2 is 1.32 bits per heavy atom. The zero-order chi connectivity index (χ0) is 20.7. The zero-order valence-corrected chi connectivity index (χ0v) is 19.5. The van der Waals surface area contributed by atoms with E-state index in [1.807, 2.05) is 18.2 Å². The molecule has 0 N–H and O–H groups in total. The van der Waals surface area contributed by atoms with Crippen molar-refractivity contribution in [3.8, 4) is 0 Å². The van der Waals surface area contributed by atoms with Gasteiger partial charge in [0.15, 0.2) is 8.24 Å². The smallest absolute Gasteiger partial charge is 0.206 e. The first-order valence-corrected chi connectivity index (χ1v) is 13.7. The molecule has 3 aromatic rings. The maximum absolute atomic E-state index is 13.2. The van der Waals surface area contributed by atoms with E-state index in [2.05, 4.69) is 58.0 Å². The third-order valence-corrected chi connectivity index (χ3v) is 14.8. The van der Waals surface area contributed by atoms with Gasteiger partial charge in [-0.15, -0.1) is 0 Å². The fourth-order valence-corrected chi connectivity index (χ4v) is 13.1. The molecule has 5 heteroatoms. The fourth-order valence-electron chi connectivity index (χ4n) is 5.18. The van der Waals surface area contributed by atoms with Crippen molar-refractivity contribution in [2.24, 2.45) is 0 Å². The molecule has 0 aliphatic heterocycles. The summed E-state index contributed by atoms with van der Waals surface area (Å²) in [5, 5.41) is 1.10. The highest BCUT2D eigenvalue weighted by molar-refractivity contribution is 7.91. The SMILES string of the molecule is CC(C)[Si](C(C)C)(C(C)C)n1ccc2ccc(S(=O)(=O)c3ccccc3)cc21. The lowest BCUT2D eigenvalue weighted by atomic mass is 10.2. The van der Waals surface area contributed by atoms with Gasteiger partial charge in [0.1, 0.15) is 0 Å². The highest BCUT2D eigenvalue weighted by Crippen LogP contribution is 2.44. The van der Waals surface area contributed by atoms with Crippen molar-refractivity contribution in [2.45, 2.75) is 68.0 Å². The highest BCUT2D eigenvalue weighted by Gasteiger charge is 2.45. The Kier molecular flexibility index (Phi) is 5.61. The minimum Gasteiger partial charge on any atom is -0.373 e. The normalized spacial score (nSPS) is 13.2. The standard InChI is InChI=1S/C23H31NO2SSi/c1-17(2)28(18(3)4,19(5)6)24-15-14-20-12-13-22(16-23(20)24)27(25,26)21-10-8-7-9-11-21/h7-19H,1-6H3. The zero-order valence-electron chi connectivity index (χ0n) is 17.7. The van der Waals surface area contributed by atoms with Gasteiger partial charge >= 0.3 is 0 Å². The lowest BCUT2D eigenvalue weighted by Gasteiger charge is -2.44. The molecule has 0 unspecified atom stereocenters. The van der Waals surface area contributed by atoms with Crippen molar-refractivity contribution >= 4 is 29.0 Å². The van der Waals surface area contributed by atoms with Crippen molar-refractivity contribution in [3.05, 3.63) is 60.8 Å². The second-order valence-electron chi connectivity index (χ2n) is 8.57. The molecule has 28 heavy (non-hydrogen) atoms. The predicted octanol–water partition coefficient (Wildman–Crippen LogP) is 6.50. The van der Waals surface area contributed by atoms with Crippen LogP contribution in [0.4, 0.5) is 0 Å². The van der Waals surface area contributed by atoms with Crippen LogP contribution in [0.5, 0.6) is 0 Å². The number of fused-ring (bicyclic) bond motifs is 1. The van der Waals surface area contributed by atoms with Crippen molar-refractivity contribution in [1.82, 2.24) is 4.23 Å². The monoisotopic (exact) mass is 413 g/mol. The van der Waals surface area contributed by atoms with Crippen molar-refractivity contribution in [2.75, 3.05) is 0 Å². The number of hydrogen-bond acceptors (Lipinski definition) is 2. The summed E-state index contributed by atoms with van der Waals surface area (Å²) in [6, 6.07) is 16.4. The second-order valence-corrected chi connectivity index (χ2v) is 16.2. The average Bonchev–Trinajstić information content (AvgIpc) is 3.05. The van der Waals surface area contributed by atoms with Gasteiger partial charge in [-0.2, -0.15) is 0 Å². The summed E-state index contributed by atoms with van der Waals surface area (Å²) in [4.78, 5) is 0.706. The Bertz CT molecular complexity index is 1040. The topological polar surface area (TPSA) is 39.1 Å². The molecule has 3 rings (SSSR count). The molecular formula is C23H31NO2SSi. The van der Waals surface area contributed by atoms with Gasteiger partial charge in [0, 0.05) is 5.52 Å². The molecule has 0 saturated heterocycles. The van der Waals surface area contributed by atoms with Crippen LogP contribution < -0.4 is 0 Å². The molecule has 0 radical (unpaired) electrons. The molecule has 150 valence electrons. The van der Waals surface area contributed by atoms with Crippen molar-refractivity contribution < 1.29 is 8.42 Å². The van der Waals surface area contributed by atoms with Gasteiger partial charge in [0.05, 0.1) is 9.79 Å². The van der Waals surface area contributed by atoms with Gasteiger partial charge in [0.25, 0.3) is 0 Å². The van der Waals surface area contributed by atoms with E-state index in [1.54, 1.807) is 30.3 Å². The van der Waals surface area contributed by atoms with Gasteiger partial charge in [-0.1, -0.05) is 65.8 Å². The maximum Gasteiger partial charge on any atom is 0.206 e. The summed E-state index contributed by atoms with van der Waals surface area (Å²) in [5.74, 6) is 0. The van der Waals surface area contributed by atoms with E-state index < -0.39 is 18.1 Å². The van der Waals surface area contributed by atoms with Crippen LogP contribution in [0.25, 0.3) is 10.9 Å². The second kappa shape index (κ2) is 7.52. The molecule has 0 amide bonds. The third-order valence-electron chi connectivity index (χ3n) is 6.22. The van der Waals surface area contributed by atoms with E-state index in [4.69, 9.17) is 0 Å². The summed E-state index contributed by atoms with van der Waals surface area (Å²) < 4.78 is 28.8. The van der Waals surface area contributed by atoms with E-state index in [1.165, 1.54) is 0 Å². The summed E-state index contributed by atoms with van der Waals surface area (Å²) in [6.45, 7) is 13.9. The van der Waals surface area contributed by atoms with Crippen LogP contribution in [0.1, 0.15) is 41.5 Å². The van der Waals surface area contributed by atoms with Crippen LogP contribution in [0.3, 0.4) is 0 Å². The fraction of sp³-hybridized carbons (Fsp3) is 0.391. The average molecular weight is 414 g/mol. The van der Waals surface area contributed by atoms with Crippen LogP contribution in [0, 0.1) is 0 Å². The Morgan fingerprint density at radius 3 is 1.86 bits per heavy atom. The first kappa shape index (κ1) is 20.9. The molecule has 0 aliphatic rings. The van der Waals surface area contributed by atoms with E-state index in [0.717, 1.165) is 10.9 Å². The van der Waals surface area contributed by atoms with Gasteiger partial charge in [-0.25, -0.2) is 8.42 Å². The lowest BCUT2D eigenvalue weighted by molar-refractivity contribution is 0.596. The molecule has 3 nitrogen and oxygen atoms in total. The van der Waals surface area contributed by atoms with E-state index in [-0.39, 0.29) is 0 Å². The quantitative estimate of drug-likeness (QED) is 0.433. The van der Waals surface area contributed by atoms with Crippen molar-refractivity contribution in [3.63, 3.8) is 0 Å². The molecule has 0 bridgehead atoms. The predicted molar refractivity (Wildman–Crippen MR) is 120 cm³/mol. The maximum atomic E-state index is 13.2. The van der Waals surface area contributed by atoms with Gasteiger partial charge < -0.3 is 4.23 Å². The molecule has 0 spiro atoms.